The fraction of sp³-hybridized carbons (Fsp3) is 0.167. The summed E-state index contributed by atoms with van der Waals surface area (Å²) in [5.41, 5.74) is 3.21. The number of hydrogen-bond donors (Lipinski definition) is 3. The third-order valence-corrected chi connectivity index (χ3v) is 7.39. The Morgan fingerprint density at radius 2 is 1.97 bits per heavy atom. The van der Waals surface area contributed by atoms with Crippen LogP contribution in [0.25, 0.3) is 10.2 Å². The van der Waals surface area contributed by atoms with Crippen molar-refractivity contribution in [3.05, 3.63) is 69.7 Å². The summed E-state index contributed by atoms with van der Waals surface area (Å²) in [5.74, 6) is 3.75. The van der Waals surface area contributed by atoms with Gasteiger partial charge in [-0.2, -0.15) is 0 Å². The van der Waals surface area contributed by atoms with Gasteiger partial charge in [-0.25, -0.2) is 14.8 Å². The van der Waals surface area contributed by atoms with Gasteiger partial charge in [0.15, 0.2) is 16.0 Å². The Labute approximate surface area is 202 Å². The molecule has 0 saturated heterocycles. The number of para-hydroxylation sites is 1. The smallest absolute Gasteiger partial charge is 0.356 e. The Bertz CT molecular complexity index is 1450. The van der Waals surface area contributed by atoms with Gasteiger partial charge in [-0.1, -0.05) is 58.8 Å². The number of carbonyl (C=O) groups is 2. The highest BCUT2D eigenvalue weighted by molar-refractivity contribution is 7.22. The van der Waals surface area contributed by atoms with E-state index < -0.39 is 5.97 Å². The van der Waals surface area contributed by atoms with Crippen molar-refractivity contribution in [1.29, 1.82) is 0 Å². The van der Waals surface area contributed by atoms with Crippen LogP contribution in [0.4, 0.5) is 10.3 Å². The van der Waals surface area contributed by atoms with Crippen LogP contribution in [-0.4, -0.2) is 45.2 Å². The number of rotatable bonds is 4. The molecule has 0 radical (unpaired) electrons. The lowest BCUT2D eigenvalue weighted by molar-refractivity contribution is 0.0691. The first-order chi connectivity index (χ1) is 16.5. The van der Waals surface area contributed by atoms with E-state index >= 15 is 0 Å². The number of aliphatic hydroxyl groups is 1. The molecule has 0 fully saturated rings. The number of benzene rings is 2. The summed E-state index contributed by atoms with van der Waals surface area (Å²) in [6.07, 6.45) is 0.692. The number of nitrogens with one attached hydrogen (secondary N) is 1. The molecule has 1 aliphatic rings. The highest BCUT2D eigenvalue weighted by atomic mass is 32.1. The van der Waals surface area contributed by atoms with Crippen LogP contribution in [0, 0.1) is 11.8 Å². The number of aromatic carboxylic acids is 1. The molecule has 34 heavy (non-hydrogen) atoms. The van der Waals surface area contributed by atoms with Crippen molar-refractivity contribution in [2.24, 2.45) is 0 Å². The number of hydrogen-bond acceptors (Lipinski definition) is 8. The molecule has 3 heterocycles. The third-order valence-electron chi connectivity index (χ3n) is 5.40. The van der Waals surface area contributed by atoms with Crippen molar-refractivity contribution in [2.45, 2.75) is 13.0 Å². The average molecular weight is 491 g/mol. The Kier molecular flexibility index (Phi) is 5.98. The second-order valence-electron chi connectivity index (χ2n) is 7.49. The molecular weight excluding hydrogens is 472 g/mol. The number of thiazole rings is 2. The molecule has 0 atom stereocenters. The number of nitrogens with zero attached hydrogens (tertiary/aromatic N) is 3. The van der Waals surface area contributed by atoms with E-state index in [1.165, 1.54) is 22.7 Å². The number of carboxylic acid groups (broad SMARTS) is 1. The second kappa shape index (κ2) is 9.23. The number of carbonyl (C=O) groups excluding carboxylic acids is 1. The summed E-state index contributed by atoms with van der Waals surface area (Å²) in [4.78, 5) is 35.8. The van der Waals surface area contributed by atoms with Crippen LogP contribution in [0.2, 0.25) is 0 Å². The SMILES string of the molecule is O=C(Nc1nc2ccccc2s1)c1cccc2c1CN(c1nc(C(=O)O)c(C#CCO)s1)CC2. The zero-order valence-corrected chi connectivity index (χ0v) is 19.4. The molecule has 2 aromatic heterocycles. The first-order valence-electron chi connectivity index (χ1n) is 10.4. The maximum atomic E-state index is 13.2. The quantitative estimate of drug-likeness (QED) is 0.374. The van der Waals surface area contributed by atoms with Crippen LogP contribution in [0.1, 0.15) is 36.9 Å². The molecule has 2 aromatic carbocycles. The molecule has 1 amide bonds. The summed E-state index contributed by atoms with van der Waals surface area (Å²) in [6.45, 7) is 0.685. The predicted molar refractivity (Wildman–Crippen MR) is 132 cm³/mol. The minimum Gasteiger partial charge on any atom is -0.476 e. The Morgan fingerprint density at radius 1 is 1.12 bits per heavy atom. The zero-order valence-electron chi connectivity index (χ0n) is 17.7. The van der Waals surface area contributed by atoms with Gasteiger partial charge in [0, 0.05) is 18.7 Å². The van der Waals surface area contributed by atoms with E-state index in [2.05, 4.69) is 27.1 Å². The van der Waals surface area contributed by atoms with Gasteiger partial charge in [-0.15, -0.1) is 0 Å². The first kappa shape index (κ1) is 22.0. The molecule has 170 valence electrons. The van der Waals surface area contributed by atoms with Gasteiger partial charge in [0.1, 0.15) is 11.5 Å². The topological polar surface area (TPSA) is 116 Å². The van der Waals surface area contributed by atoms with E-state index in [9.17, 15) is 14.7 Å². The van der Waals surface area contributed by atoms with Crippen molar-refractivity contribution in [2.75, 3.05) is 23.4 Å². The fourth-order valence-corrected chi connectivity index (χ4v) is 5.66. The van der Waals surface area contributed by atoms with E-state index in [1.807, 2.05) is 41.3 Å². The minimum absolute atomic E-state index is 0.131. The number of aliphatic hydroxyl groups excluding tert-OH is 1. The van der Waals surface area contributed by atoms with Crippen LogP contribution < -0.4 is 10.2 Å². The molecule has 1 aliphatic heterocycles. The largest absolute Gasteiger partial charge is 0.476 e. The van der Waals surface area contributed by atoms with Crippen molar-refractivity contribution < 1.29 is 19.8 Å². The van der Waals surface area contributed by atoms with Crippen LogP contribution in [0.15, 0.2) is 42.5 Å². The first-order valence-corrected chi connectivity index (χ1v) is 12.0. The van der Waals surface area contributed by atoms with E-state index in [0.717, 1.165) is 21.3 Å². The molecule has 0 aliphatic carbocycles. The molecule has 0 saturated carbocycles. The highest BCUT2D eigenvalue weighted by Crippen LogP contribution is 2.32. The monoisotopic (exact) mass is 490 g/mol. The highest BCUT2D eigenvalue weighted by Gasteiger charge is 2.26. The Morgan fingerprint density at radius 3 is 2.76 bits per heavy atom. The Balaban J connectivity index is 1.43. The van der Waals surface area contributed by atoms with E-state index in [-0.39, 0.29) is 18.2 Å². The molecule has 10 heteroatoms. The van der Waals surface area contributed by atoms with Crippen molar-refractivity contribution in [3.8, 4) is 11.8 Å². The summed E-state index contributed by atoms with van der Waals surface area (Å²) in [5, 5.41) is 22.4. The van der Waals surface area contributed by atoms with Crippen LogP contribution in [0.5, 0.6) is 0 Å². The Hall–Kier alpha value is -3.78. The van der Waals surface area contributed by atoms with Crippen molar-refractivity contribution in [3.63, 3.8) is 0 Å². The maximum Gasteiger partial charge on any atom is 0.356 e. The normalized spacial score (nSPS) is 12.7. The summed E-state index contributed by atoms with van der Waals surface area (Å²) >= 11 is 2.59. The molecular formula is C24H18N4O4S2. The van der Waals surface area contributed by atoms with Gasteiger partial charge >= 0.3 is 5.97 Å². The second-order valence-corrected chi connectivity index (χ2v) is 9.50. The lowest BCUT2D eigenvalue weighted by Gasteiger charge is -2.29. The van der Waals surface area contributed by atoms with Crippen LogP contribution in [0.3, 0.4) is 0 Å². The number of carboxylic acids is 1. The van der Waals surface area contributed by atoms with E-state index in [0.29, 0.717) is 40.2 Å². The number of amides is 1. The zero-order chi connectivity index (χ0) is 23.7. The predicted octanol–water partition coefficient (Wildman–Crippen LogP) is 3.61. The fourth-order valence-electron chi connectivity index (χ4n) is 3.84. The van der Waals surface area contributed by atoms with Crippen molar-refractivity contribution >= 4 is 55.0 Å². The van der Waals surface area contributed by atoms with Crippen LogP contribution in [-0.2, 0) is 13.0 Å². The number of anilines is 2. The summed E-state index contributed by atoms with van der Waals surface area (Å²) in [6, 6.07) is 13.4. The van der Waals surface area contributed by atoms with Gasteiger partial charge in [0.25, 0.3) is 5.91 Å². The van der Waals surface area contributed by atoms with Crippen LogP contribution >= 0.6 is 22.7 Å². The van der Waals surface area contributed by atoms with Gasteiger partial charge in [0.05, 0.1) is 10.2 Å². The summed E-state index contributed by atoms with van der Waals surface area (Å²) in [7, 11) is 0. The maximum absolute atomic E-state index is 13.2. The summed E-state index contributed by atoms with van der Waals surface area (Å²) < 4.78 is 0.997. The molecule has 8 nitrogen and oxygen atoms in total. The molecule has 0 bridgehead atoms. The molecule has 0 spiro atoms. The van der Waals surface area contributed by atoms with E-state index in [4.69, 9.17) is 5.11 Å². The van der Waals surface area contributed by atoms with Gasteiger partial charge in [-0.05, 0) is 35.7 Å². The van der Waals surface area contributed by atoms with E-state index in [1.54, 1.807) is 6.07 Å². The number of aromatic nitrogens is 2. The molecule has 5 rings (SSSR count). The third kappa shape index (κ3) is 4.24. The standard InChI is InChI=1S/C24H18N4O4S2/c29-12-4-9-19-20(22(31)32)26-24(34-19)28-11-10-14-5-3-6-15(16(14)13-28)21(30)27-23-25-17-7-1-2-8-18(17)33-23/h1-3,5-8,29H,10-13H2,(H,31,32)(H,25,27,30). The van der Waals surface area contributed by atoms with Gasteiger partial charge in [0.2, 0.25) is 0 Å². The minimum atomic E-state index is -1.17. The number of fused-ring (bicyclic) bond motifs is 2. The molecule has 4 aromatic rings. The van der Waals surface area contributed by atoms with Crippen molar-refractivity contribution in [1.82, 2.24) is 9.97 Å². The lowest BCUT2D eigenvalue weighted by Crippen LogP contribution is -2.32. The average Bonchev–Trinajstić information content (AvgIpc) is 3.45. The van der Waals surface area contributed by atoms with Gasteiger partial charge in [-0.3, -0.25) is 10.1 Å². The molecule has 0 unspecified atom stereocenters. The van der Waals surface area contributed by atoms with Gasteiger partial charge < -0.3 is 15.1 Å². The lowest BCUT2D eigenvalue weighted by atomic mass is 9.94. The molecule has 3 N–H and O–H groups in total.